The van der Waals surface area contributed by atoms with Crippen molar-refractivity contribution in [1.82, 2.24) is 4.90 Å². The van der Waals surface area contributed by atoms with Crippen LogP contribution in [0.15, 0.2) is 24.3 Å². The third-order valence-corrected chi connectivity index (χ3v) is 12.7. The lowest BCUT2D eigenvalue weighted by Crippen LogP contribution is -2.56. The molecule has 0 aliphatic carbocycles. The van der Waals surface area contributed by atoms with E-state index in [2.05, 4.69) is 45.1 Å². The van der Waals surface area contributed by atoms with Crippen LogP contribution in [0, 0.1) is 0 Å². The summed E-state index contributed by atoms with van der Waals surface area (Å²) in [6.45, 7) is 6.77. The van der Waals surface area contributed by atoms with Crippen molar-refractivity contribution in [2.45, 2.75) is 283 Å². The topological polar surface area (TPSA) is 82.1 Å². The maximum atomic E-state index is 12.9. The van der Waals surface area contributed by atoms with Crippen LogP contribution in [0.25, 0.3) is 0 Å². The number of unbranched alkanes of at least 4 members (excludes halogenated alkanes) is 32. The van der Waals surface area contributed by atoms with E-state index in [0.717, 1.165) is 70.6 Å². The van der Waals surface area contributed by atoms with Crippen molar-refractivity contribution in [3.8, 4) is 0 Å². The first-order chi connectivity index (χ1) is 30.8. The van der Waals surface area contributed by atoms with Gasteiger partial charge in [0.25, 0.3) is 0 Å². The average Bonchev–Trinajstić information content (AvgIpc) is 3.27. The molecule has 0 bridgehead atoms. The minimum absolute atomic E-state index is 0.00175. The summed E-state index contributed by atoms with van der Waals surface area (Å²) in [5.41, 5.74) is -0.955. The van der Waals surface area contributed by atoms with Gasteiger partial charge in [-0.2, -0.15) is 0 Å². The maximum absolute atomic E-state index is 12.9. The third-order valence-electron chi connectivity index (χ3n) is 12.7. The molecule has 0 rings (SSSR count). The molecule has 0 aromatic carbocycles. The second-order valence-corrected chi connectivity index (χ2v) is 19.1. The Morgan fingerprint density at radius 3 is 0.762 bits per heavy atom. The summed E-state index contributed by atoms with van der Waals surface area (Å²) in [6, 6.07) is 0. The number of carbonyl (C=O) groups excluding carboxylic acids is 3. The van der Waals surface area contributed by atoms with Gasteiger partial charge in [-0.1, -0.05) is 212 Å². The van der Waals surface area contributed by atoms with Crippen molar-refractivity contribution in [1.29, 1.82) is 0 Å². The fourth-order valence-corrected chi connectivity index (χ4v) is 7.99. The number of likely N-dealkylation sites (N-methyl/N-ethyl adjacent to an activating group) is 1. The zero-order valence-corrected chi connectivity index (χ0v) is 42.6. The number of carbonyl (C=O) groups is 3. The first-order valence-electron chi connectivity index (χ1n) is 27.3. The van der Waals surface area contributed by atoms with E-state index in [9.17, 15) is 14.4 Å². The maximum Gasteiger partial charge on any atom is 0.305 e. The molecule has 0 amide bonds. The lowest BCUT2D eigenvalue weighted by molar-refractivity contribution is -0.163. The van der Waals surface area contributed by atoms with E-state index in [0.29, 0.717) is 19.3 Å². The van der Waals surface area contributed by atoms with E-state index in [1.165, 1.54) is 167 Å². The Morgan fingerprint density at radius 1 is 0.333 bits per heavy atom. The highest BCUT2D eigenvalue weighted by Gasteiger charge is 2.38. The quantitative estimate of drug-likeness (QED) is 0.0260. The predicted molar refractivity (Wildman–Crippen MR) is 269 cm³/mol. The van der Waals surface area contributed by atoms with Gasteiger partial charge in [0.1, 0.15) is 25.4 Å². The van der Waals surface area contributed by atoms with Crippen LogP contribution >= 0.6 is 0 Å². The summed E-state index contributed by atoms with van der Waals surface area (Å²) in [6.07, 6.45) is 55.3. The molecule has 0 radical (unpaired) electrons. The van der Waals surface area contributed by atoms with Crippen LogP contribution in [0.1, 0.15) is 278 Å². The number of rotatable bonds is 49. The molecule has 370 valence electrons. The Kier molecular flexibility index (Phi) is 46.2. The Labute approximate surface area is 391 Å². The average molecular weight is 888 g/mol. The molecule has 63 heavy (non-hydrogen) atoms. The molecule has 0 spiro atoms. The highest BCUT2D eigenvalue weighted by Crippen LogP contribution is 2.20. The van der Waals surface area contributed by atoms with Crippen LogP contribution in [0.3, 0.4) is 0 Å². The summed E-state index contributed by atoms with van der Waals surface area (Å²) in [5, 5.41) is 0. The minimum atomic E-state index is -0.955. The number of allylic oxidation sites excluding steroid dienone is 4. The fourth-order valence-electron chi connectivity index (χ4n) is 7.99. The Bertz CT molecular complexity index is 1010. The van der Waals surface area contributed by atoms with Crippen molar-refractivity contribution < 1.29 is 28.6 Å². The van der Waals surface area contributed by atoms with Crippen molar-refractivity contribution >= 4 is 17.9 Å². The Hall–Kier alpha value is -2.15. The molecule has 0 atom stereocenters. The molecule has 0 unspecified atom stereocenters. The van der Waals surface area contributed by atoms with Gasteiger partial charge in [-0.05, 0) is 84.7 Å². The monoisotopic (exact) mass is 888 g/mol. The molecule has 0 aromatic rings. The summed E-state index contributed by atoms with van der Waals surface area (Å²) in [7, 11) is 3.74. The van der Waals surface area contributed by atoms with Crippen LogP contribution < -0.4 is 0 Å². The van der Waals surface area contributed by atoms with Gasteiger partial charge >= 0.3 is 17.9 Å². The smallest absolute Gasteiger partial charge is 0.305 e. The fraction of sp³-hybridized carbons (Fsp3) is 0.875. The van der Waals surface area contributed by atoms with Crippen molar-refractivity contribution in [2.75, 3.05) is 33.9 Å². The zero-order valence-electron chi connectivity index (χ0n) is 42.6. The van der Waals surface area contributed by atoms with Crippen LogP contribution in [0.4, 0.5) is 0 Å². The number of nitrogens with zero attached hydrogens (tertiary/aromatic N) is 1. The highest BCUT2D eigenvalue weighted by molar-refractivity contribution is 5.70. The number of hydrogen-bond donors (Lipinski definition) is 0. The number of ether oxygens (including phenoxy) is 3. The first-order valence-corrected chi connectivity index (χ1v) is 27.3. The third kappa shape index (κ3) is 42.3. The summed E-state index contributed by atoms with van der Waals surface area (Å²) >= 11 is 0. The molecule has 7 heteroatoms. The second kappa shape index (κ2) is 47.8. The molecule has 0 saturated carbocycles. The number of hydrogen-bond acceptors (Lipinski definition) is 7. The van der Waals surface area contributed by atoms with Gasteiger partial charge < -0.3 is 14.2 Å². The molecule has 0 saturated heterocycles. The summed E-state index contributed by atoms with van der Waals surface area (Å²) < 4.78 is 17.5. The minimum Gasteiger partial charge on any atom is -0.463 e. The highest BCUT2D eigenvalue weighted by atomic mass is 16.6. The largest absolute Gasteiger partial charge is 0.463 e. The lowest BCUT2D eigenvalue weighted by atomic mass is 10.0. The standard InChI is InChI=1S/C56H105NO6/c1-6-9-12-15-18-21-24-26-28-30-33-36-39-42-45-48-54(59)62-51-56(57(4)5,50-61-53(58)47-44-41-38-35-32-23-20-17-14-11-8-3)52-63-55(60)49-46-43-40-37-34-31-29-27-25-22-19-16-13-10-7-2/h26-29H,6-25,30-52H2,1-5H3/b28-26-,29-27-. The Morgan fingerprint density at radius 2 is 0.540 bits per heavy atom. The first kappa shape index (κ1) is 60.9. The summed E-state index contributed by atoms with van der Waals surface area (Å²) in [5.74, 6) is -0.770. The van der Waals surface area contributed by atoms with Crippen LogP contribution in [0.5, 0.6) is 0 Å². The van der Waals surface area contributed by atoms with Gasteiger partial charge in [0, 0.05) is 19.3 Å². The van der Waals surface area contributed by atoms with Gasteiger partial charge in [0.15, 0.2) is 0 Å². The van der Waals surface area contributed by atoms with E-state index in [1.54, 1.807) is 0 Å². The molecule has 0 fully saturated rings. The van der Waals surface area contributed by atoms with Gasteiger partial charge in [-0.15, -0.1) is 0 Å². The predicted octanol–water partition coefficient (Wildman–Crippen LogP) is 16.7. The lowest BCUT2D eigenvalue weighted by Gasteiger charge is -2.38. The Balaban J connectivity index is 4.72. The normalized spacial score (nSPS) is 12.0. The molecule has 7 nitrogen and oxygen atoms in total. The second-order valence-electron chi connectivity index (χ2n) is 19.1. The van der Waals surface area contributed by atoms with Gasteiger partial charge in [-0.3, -0.25) is 19.3 Å². The van der Waals surface area contributed by atoms with Crippen LogP contribution in [-0.4, -0.2) is 62.3 Å². The van der Waals surface area contributed by atoms with Crippen molar-refractivity contribution in [3.63, 3.8) is 0 Å². The van der Waals surface area contributed by atoms with E-state index >= 15 is 0 Å². The van der Waals surface area contributed by atoms with E-state index < -0.39 is 5.54 Å². The van der Waals surface area contributed by atoms with Gasteiger partial charge in [-0.25, -0.2) is 0 Å². The molecule has 0 aliphatic heterocycles. The van der Waals surface area contributed by atoms with Gasteiger partial charge in [0.05, 0.1) is 0 Å². The van der Waals surface area contributed by atoms with E-state index in [-0.39, 0.29) is 37.7 Å². The van der Waals surface area contributed by atoms with E-state index in [1.807, 2.05) is 19.0 Å². The molecular weight excluding hydrogens is 783 g/mol. The molecular formula is C56H105NO6. The molecule has 0 N–H and O–H groups in total. The van der Waals surface area contributed by atoms with Crippen LogP contribution in [-0.2, 0) is 28.6 Å². The number of esters is 3. The van der Waals surface area contributed by atoms with Gasteiger partial charge in [0.2, 0.25) is 0 Å². The van der Waals surface area contributed by atoms with Crippen LogP contribution in [0.2, 0.25) is 0 Å². The summed E-state index contributed by atoms with van der Waals surface area (Å²) in [4.78, 5) is 40.7. The zero-order chi connectivity index (χ0) is 46.2. The van der Waals surface area contributed by atoms with Crippen molar-refractivity contribution in [2.24, 2.45) is 0 Å². The van der Waals surface area contributed by atoms with Crippen molar-refractivity contribution in [3.05, 3.63) is 24.3 Å². The molecule has 0 aromatic heterocycles. The SMILES string of the molecule is CCCCCCCC/C=C\CCCCCCCC(=O)OCC(COC(=O)CCCCCCC/C=C\CCCCCCCC)(COC(=O)CCCCCCCCCCCCC)N(C)C. The molecule has 0 aliphatic rings. The molecule has 0 heterocycles. The van der Waals surface area contributed by atoms with E-state index in [4.69, 9.17) is 14.2 Å².